The van der Waals surface area contributed by atoms with E-state index in [9.17, 15) is 5.11 Å². The second-order valence-electron chi connectivity index (χ2n) is 4.30. The lowest BCUT2D eigenvalue weighted by molar-refractivity contribution is 0.322. The minimum Gasteiger partial charge on any atom is -0.479 e. The fourth-order valence-corrected chi connectivity index (χ4v) is 1.99. The molecule has 0 saturated carbocycles. The number of hydrogen-bond donors (Lipinski definition) is 1. The van der Waals surface area contributed by atoms with Crippen LogP contribution in [0.15, 0.2) is 27.6 Å². The van der Waals surface area contributed by atoms with Gasteiger partial charge in [-0.1, -0.05) is 12.1 Å². The van der Waals surface area contributed by atoms with Crippen LogP contribution >= 0.6 is 0 Å². The number of aromatic nitrogens is 1. The van der Waals surface area contributed by atoms with E-state index >= 15 is 0 Å². The number of benzene rings is 1. The molecule has 0 unspecified atom stereocenters. The van der Waals surface area contributed by atoms with Crippen molar-refractivity contribution in [3.05, 3.63) is 40.9 Å². The highest BCUT2D eigenvalue weighted by molar-refractivity contribution is 6.21. The van der Waals surface area contributed by atoms with E-state index in [1.807, 2.05) is 25.1 Å². The Morgan fingerprint density at radius 2 is 2.11 bits per heavy atom. The Morgan fingerprint density at radius 3 is 2.83 bits per heavy atom. The molecule has 0 radical (unpaired) electrons. The van der Waals surface area contributed by atoms with Gasteiger partial charge in [0.25, 0.3) is 0 Å². The zero-order chi connectivity index (χ0) is 12.7. The molecule has 90 valence electrons. The van der Waals surface area contributed by atoms with E-state index in [0.29, 0.717) is 11.6 Å². The smallest absolute Gasteiger partial charge is 0.310 e. The number of nitrogens with zero attached hydrogens (tertiary/aromatic N) is 2. The number of rotatable bonds is 1. The molecule has 0 spiro atoms. The summed E-state index contributed by atoms with van der Waals surface area (Å²) in [6.07, 6.45) is 3.55. The molecule has 4 heteroatoms. The Hall–Kier alpha value is -2.36. The maximum absolute atomic E-state index is 9.57. The molecular formula is C14H12N2O2. The van der Waals surface area contributed by atoms with E-state index < -0.39 is 0 Å². The van der Waals surface area contributed by atoms with Crippen LogP contribution in [0.25, 0.3) is 11.6 Å². The monoisotopic (exact) mass is 240 g/mol. The molecule has 3 rings (SSSR count). The summed E-state index contributed by atoms with van der Waals surface area (Å²) in [5.74, 6) is 0.285. The van der Waals surface area contributed by atoms with E-state index in [4.69, 9.17) is 4.42 Å². The maximum Gasteiger partial charge on any atom is 0.310 e. The van der Waals surface area contributed by atoms with Gasteiger partial charge in [-0.15, -0.1) is 0 Å². The lowest BCUT2D eigenvalue weighted by Crippen LogP contribution is -1.82. The molecule has 1 aromatic carbocycles. The molecule has 0 aliphatic carbocycles. The molecular weight excluding hydrogens is 228 g/mol. The van der Waals surface area contributed by atoms with Crippen molar-refractivity contribution < 1.29 is 9.52 Å². The van der Waals surface area contributed by atoms with Crippen LogP contribution in [0.1, 0.15) is 22.7 Å². The van der Waals surface area contributed by atoms with Crippen LogP contribution < -0.4 is 0 Å². The van der Waals surface area contributed by atoms with Gasteiger partial charge in [0, 0.05) is 24.3 Å². The molecule has 2 heterocycles. The van der Waals surface area contributed by atoms with Gasteiger partial charge in [-0.2, -0.15) is 0 Å². The van der Waals surface area contributed by atoms with Crippen molar-refractivity contribution in [2.24, 2.45) is 4.99 Å². The molecule has 0 amide bonds. The number of allylic oxidation sites excluding steroid dienone is 1. The number of aryl methyl sites for hydroxylation is 2. The third-order valence-electron chi connectivity index (χ3n) is 2.84. The van der Waals surface area contributed by atoms with Gasteiger partial charge in [-0.25, -0.2) is 4.98 Å². The number of aromatic hydroxyl groups is 1. The standard InChI is InChI=1S/C14H12N2O2/c1-8-3-4-11-10(7-15-12(11)5-8)6-13-14(17)18-9(2)16-13/h3-7,17H,1-2H3. The topological polar surface area (TPSA) is 58.6 Å². The van der Waals surface area contributed by atoms with E-state index in [2.05, 4.69) is 9.98 Å². The van der Waals surface area contributed by atoms with Gasteiger partial charge in [0.05, 0.1) is 5.69 Å². The molecule has 0 fully saturated rings. The first-order valence-corrected chi connectivity index (χ1v) is 5.66. The van der Waals surface area contributed by atoms with E-state index in [1.54, 1.807) is 19.2 Å². The van der Waals surface area contributed by atoms with Crippen molar-refractivity contribution in [1.29, 1.82) is 0 Å². The average Bonchev–Trinajstić information content (AvgIpc) is 2.84. The molecule has 1 aliphatic heterocycles. The van der Waals surface area contributed by atoms with Crippen LogP contribution in [-0.4, -0.2) is 16.3 Å². The van der Waals surface area contributed by atoms with Crippen molar-refractivity contribution in [1.82, 2.24) is 4.98 Å². The molecule has 0 atom stereocenters. The summed E-state index contributed by atoms with van der Waals surface area (Å²) in [5.41, 5.74) is 4.52. The van der Waals surface area contributed by atoms with Gasteiger partial charge in [0.15, 0.2) is 5.89 Å². The zero-order valence-electron chi connectivity index (χ0n) is 10.1. The van der Waals surface area contributed by atoms with Crippen molar-refractivity contribution in [3.8, 4) is 5.95 Å². The molecule has 18 heavy (non-hydrogen) atoms. The normalized spacial score (nSPS) is 15.3. The van der Waals surface area contributed by atoms with Crippen LogP contribution in [-0.2, 0) is 0 Å². The van der Waals surface area contributed by atoms with Crippen LogP contribution in [0.5, 0.6) is 5.95 Å². The number of oxazole rings is 1. The quantitative estimate of drug-likeness (QED) is 0.832. The first kappa shape index (κ1) is 10.8. The van der Waals surface area contributed by atoms with Crippen molar-refractivity contribution in [2.45, 2.75) is 13.8 Å². The maximum atomic E-state index is 9.57. The Labute approximate surface area is 104 Å². The van der Waals surface area contributed by atoms with Crippen molar-refractivity contribution in [3.63, 3.8) is 0 Å². The van der Waals surface area contributed by atoms with Crippen molar-refractivity contribution >= 4 is 23.6 Å². The Kier molecular flexibility index (Phi) is 2.30. The molecule has 0 bridgehead atoms. The minimum absolute atomic E-state index is 0.158. The third-order valence-corrected chi connectivity index (χ3v) is 2.84. The largest absolute Gasteiger partial charge is 0.479 e. The lowest BCUT2D eigenvalue weighted by Gasteiger charge is -2.00. The molecule has 1 aromatic heterocycles. The highest BCUT2D eigenvalue weighted by atomic mass is 16.5. The van der Waals surface area contributed by atoms with E-state index in [0.717, 1.165) is 16.8 Å². The van der Waals surface area contributed by atoms with Crippen LogP contribution in [0.3, 0.4) is 0 Å². The summed E-state index contributed by atoms with van der Waals surface area (Å²) in [5, 5.41) is 9.57. The summed E-state index contributed by atoms with van der Waals surface area (Å²) in [6, 6.07) is 6.09. The Morgan fingerprint density at radius 1 is 1.28 bits per heavy atom. The molecule has 2 aromatic rings. The van der Waals surface area contributed by atoms with Crippen LogP contribution in [0, 0.1) is 13.8 Å². The van der Waals surface area contributed by atoms with Gasteiger partial charge in [0.2, 0.25) is 0 Å². The summed E-state index contributed by atoms with van der Waals surface area (Å²) in [7, 11) is 0. The van der Waals surface area contributed by atoms with Crippen LogP contribution in [0.2, 0.25) is 0 Å². The van der Waals surface area contributed by atoms with Gasteiger partial charge in [-0.3, -0.25) is 4.99 Å². The molecule has 1 aliphatic rings. The zero-order valence-corrected chi connectivity index (χ0v) is 10.1. The average molecular weight is 240 g/mol. The Bertz CT molecular complexity index is 681. The number of fused-ring (bicyclic) bond motifs is 1. The predicted octanol–water partition coefficient (Wildman–Crippen LogP) is 3.25. The molecule has 1 N–H and O–H groups in total. The first-order valence-electron chi connectivity index (χ1n) is 5.66. The fourth-order valence-electron chi connectivity index (χ4n) is 1.99. The summed E-state index contributed by atoms with van der Waals surface area (Å²) in [4.78, 5) is 8.45. The number of hydrogen-bond acceptors (Lipinski definition) is 4. The lowest BCUT2D eigenvalue weighted by atomic mass is 10.0. The SMILES string of the molecule is Cc1ccc2c(c1)N=CC2=Cc1nc(C)oc1O. The summed E-state index contributed by atoms with van der Waals surface area (Å²) in [6.45, 7) is 3.73. The highest BCUT2D eigenvalue weighted by Gasteiger charge is 2.14. The molecule has 0 saturated heterocycles. The second kappa shape index (κ2) is 3.84. The van der Waals surface area contributed by atoms with E-state index in [-0.39, 0.29) is 5.95 Å². The minimum atomic E-state index is -0.158. The number of aliphatic imine (C=N–C) groups is 1. The summed E-state index contributed by atoms with van der Waals surface area (Å²) >= 11 is 0. The van der Waals surface area contributed by atoms with Gasteiger partial charge in [-0.05, 0) is 24.6 Å². The fraction of sp³-hybridized carbons (Fsp3) is 0.143. The summed E-state index contributed by atoms with van der Waals surface area (Å²) < 4.78 is 4.99. The van der Waals surface area contributed by atoms with Crippen molar-refractivity contribution in [2.75, 3.05) is 0 Å². The Balaban J connectivity index is 2.07. The van der Waals surface area contributed by atoms with Crippen LogP contribution in [0.4, 0.5) is 5.69 Å². The molecule has 4 nitrogen and oxygen atoms in total. The van der Waals surface area contributed by atoms with E-state index in [1.165, 1.54) is 5.56 Å². The van der Waals surface area contributed by atoms with Gasteiger partial charge < -0.3 is 9.52 Å². The second-order valence-corrected chi connectivity index (χ2v) is 4.30. The first-order chi connectivity index (χ1) is 8.63. The predicted molar refractivity (Wildman–Crippen MR) is 70.1 cm³/mol. The third kappa shape index (κ3) is 1.72. The highest BCUT2D eigenvalue weighted by Crippen LogP contribution is 2.34. The van der Waals surface area contributed by atoms with Gasteiger partial charge in [0.1, 0.15) is 5.69 Å². The van der Waals surface area contributed by atoms with Gasteiger partial charge >= 0.3 is 5.95 Å².